The predicted octanol–water partition coefficient (Wildman–Crippen LogP) is 1.61. The highest BCUT2D eigenvalue weighted by Gasteiger charge is 2.10. The third-order valence-electron chi connectivity index (χ3n) is 2.74. The van der Waals surface area contributed by atoms with E-state index < -0.39 is 0 Å². The van der Waals surface area contributed by atoms with Gasteiger partial charge in [0.05, 0.1) is 13.2 Å². The summed E-state index contributed by atoms with van der Waals surface area (Å²) in [6.07, 6.45) is 0.896. The lowest BCUT2D eigenvalue weighted by Crippen LogP contribution is -2.34. The fraction of sp³-hybridized carbons (Fsp3) is 0.357. The average Bonchev–Trinajstić information content (AvgIpc) is 2.95. The lowest BCUT2D eigenvalue weighted by atomic mass is 10.2. The zero-order valence-corrected chi connectivity index (χ0v) is 13.8. The predicted molar refractivity (Wildman–Crippen MR) is 89.4 cm³/mol. The van der Waals surface area contributed by atoms with Crippen LogP contribution in [0.25, 0.3) is 0 Å². The number of rotatable bonds is 6. The van der Waals surface area contributed by atoms with Crippen LogP contribution in [0.2, 0.25) is 0 Å². The molecule has 1 amide bonds. The average molecular weight is 334 g/mol. The number of amides is 1. The molecule has 23 heavy (non-hydrogen) atoms. The van der Waals surface area contributed by atoms with E-state index in [9.17, 15) is 4.79 Å². The van der Waals surface area contributed by atoms with Crippen molar-refractivity contribution in [2.75, 3.05) is 11.9 Å². The topological polar surface area (TPSA) is 94.0 Å². The van der Waals surface area contributed by atoms with E-state index in [1.807, 2.05) is 13.8 Å². The standard InChI is InChI=1S/C14H18N6O2S/c1-3-8-20-18-13(17-19-20)16-14(23)15-12(21)10-6-5-7-11(9-10)22-4-2/h5-7,9H,3-4,8H2,1-2H3,(H2,15,16,18,21,23). The van der Waals surface area contributed by atoms with Crippen LogP contribution < -0.4 is 15.4 Å². The highest BCUT2D eigenvalue weighted by atomic mass is 32.1. The summed E-state index contributed by atoms with van der Waals surface area (Å²) in [5.74, 6) is 0.528. The number of ether oxygens (including phenoxy) is 1. The number of benzene rings is 1. The number of anilines is 1. The second-order valence-corrected chi connectivity index (χ2v) is 4.99. The van der Waals surface area contributed by atoms with E-state index in [1.165, 1.54) is 4.80 Å². The van der Waals surface area contributed by atoms with Gasteiger partial charge in [-0.3, -0.25) is 15.4 Å². The number of thiocarbonyl (C=S) groups is 1. The molecule has 0 atom stereocenters. The van der Waals surface area contributed by atoms with Crippen molar-refractivity contribution in [3.63, 3.8) is 0 Å². The summed E-state index contributed by atoms with van der Waals surface area (Å²) < 4.78 is 5.36. The van der Waals surface area contributed by atoms with Crippen LogP contribution in [-0.4, -0.2) is 37.8 Å². The van der Waals surface area contributed by atoms with Gasteiger partial charge in [0.25, 0.3) is 11.9 Å². The number of carbonyl (C=O) groups excluding carboxylic acids is 1. The summed E-state index contributed by atoms with van der Waals surface area (Å²) in [7, 11) is 0. The van der Waals surface area contributed by atoms with E-state index in [0.29, 0.717) is 24.5 Å². The van der Waals surface area contributed by atoms with Crippen LogP contribution in [0.4, 0.5) is 5.95 Å². The highest BCUT2D eigenvalue weighted by molar-refractivity contribution is 7.80. The molecule has 0 spiro atoms. The van der Waals surface area contributed by atoms with Crippen LogP contribution in [0.15, 0.2) is 24.3 Å². The number of aryl methyl sites for hydroxylation is 1. The number of hydrogen-bond donors (Lipinski definition) is 2. The molecule has 122 valence electrons. The molecule has 0 radical (unpaired) electrons. The summed E-state index contributed by atoms with van der Waals surface area (Å²) in [5.41, 5.74) is 0.447. The van der Waals surface area contributed by atoms with E-state index in [2.05, 4.69) is 26.0 Å². The minimum atomic E-state index is -0.343. The third-order valence-corrected chi connectivity index (χ3v) is 2.94. The van der Waals surface area contributed by atoms with Crippen molar-refractivity contribution in [3.05, 3.63) is 29.8 Å². The molecular weight excluding hydrogens is 316 g/mol. The molecule has 9 heteroatoms. The van der Waals surface area contributed by atoms with Gasteiger partial charge in [0.1, 0.15) is 5.75 Å². The van der Waals surface area contributed by atoms with Crippen molar-refractivity contribution >= 4 is 29.2 Å². The maximum atomic E-state index is 12.2. The first kappa shape index (κ1) is 16.8. The molecule has 0 saturated carbocycles. The normalized spacial score (nSPS) is 10.2. The van der Waals surface area contributed by atoms with Crippen molar-refractivity contribution < 1.29 is 9.53 Å². The van der Waals surface area contributed by atoms with Crippen LogP contribution in [0.1, 0.15) is 30.6 Å². The Bertz CT molecular complexity index is 687. The van der Waals surface area contributed by atoms with Crippen molar-refractivity contribution in [2.45, 2.75) is 26.8 Å². The number of nitrogens with one attached hydrogen (secondary N) is 2. The number of aromatic nitrogens is 4. The first-order valence-corrected chi connectivity index (χ1v) is 7.66. The fourth-order valence-corrected chi connectivity index (χ4v) is 1.97. The SMILES string of the molecule is CCCn1nnc(NC(=S)NC(=O)c2cccc(OCC)c2)n1. The van der Waals surface area contributed by atoms with Gasteiger partial charge in [0.2, 0.25) is 0 Å². The number of carbonyl (C=O) groups is 1. The molecule has 2 rings (SSSR count). The van der Waals surface area contributed by atoms with E-state index in [0.717, 1.165) is 6.42 Å². The Morgan fingerprint density at radius 2 is 2.22 bits per heavy atom. The highest BCUT2D eigenvalue weighted by Crippen LogP contribution is 2.13. The zero-order valence-electron chi connectivity index (χ0n) is 12.9. The molecule has 2 aromatic rings. The van der Waals surface area contributed by atoms with Gasteiger partial charge in [-0.05, 0) is 49.0 Å². The van der Waals surface area contributed by atoms with Gasteiger partial charge in [-0.15, -0.1) is 5.10 Å². The molecule has 1 heterocycles. The maximum Gasteiger partial charge on any atom is 0.269 e. The Morgan fingerprint density at radius 1 is 1.39 bits per heavy atom. The van der Waals surface area contributed by atoms with Gasteiger partial charge in [-0.2, -0.15) is 4.80 Å². The molecular formula is C14H18N6O2S. The van der Waals surface area contributed by atoms with Crippen LogP contribution >= 0.6 is 12.2 Å². The van der Waals surface area contributed by atoms with Crippen molar-refractivity contribution in [2.24, 2.45) is 0 Å². The summed E-state index contributed by atoms with van der Waals surface area (Å²) in [5, 5.41) is 17.1. The van der Waals surface area contributed by atoms with Crippen molar-refractivity contribution in [1.82, 2.24) is 25.5 Å². The number of tetrazole rings is 1. The van der Waals surface area contributed by atoms with Gasteiger partial charge in [0, 0.05) is 5.56 Å². The van der Waals surface area contributed by atoms with Crippen molar-refractivity contribution in [1.29, 1.82) is 0 Å². The van der Waals surface area contributed by atoms with Crippen LogP contribution in [0.3, 0.4) is 0 Å². The molecule has 0 aliphatic heterocycles. The minimum absolute atomic E-state index is 0.105. The lowest BCUT2D eigenvalue weighted by Gasteiger charge is -2.08. The van der Waals surface area contributed by atoms with Gasteiger partial charge >= 0.3 is 0 Å². The van der Waals surface area contributed by atoms with E-state index in [-0.39, 0.29) is 17.0 Å². The van der Waals surface area contributed by atoms with Gasteiger partial charge in [-0.25, -0.2) is 0 Å². The first-order valence-electron chi connectivity index (χ1n) is 7.25. The fourth-order valence-electron chi connectivity index (χ4n) is 1.79. The van der Waals surface area contributed by atoms with Gasteiger partial charge in [0.15, 0.2) is 5.11 Å². The Balaban J connectivity index is 1.93. The van der Waals surface area contributed by atoms with Crippen molar-refractivity contribution in [3.8, 4) is 5.75 Å². The number of nitrogens with zero attached hydrogens (tertiary/aromatic N) is 4. The molecule has 1 aromatic heterocycles. The molecule has 0 aliphatic carbocycles. The summed E-state index contributed by atoms with van der Waals surface area (Å²) in [4.78, 5) is 13.6. The number of hydrogen-bond acceptors (Lipinski definition) is 6. The first-order chi connectivity index (χ1) is 11.1. The Morgan fingerprint density at radius 3 is 2.96 bits per heavy atom. The van der Waals surface area contributed by atoms with Crippen LogP contribution in [-0.2, 0) is 6.54 Å². The van der Waals surface area contributed by atoms with E-state index >= 15 is 0 Å². The summed E-state index contributed by atoms with van der Waals surface area (Å²) in [6, 6.07) is 6.86. The molecule has 2 N–H and O–H groups in total. The van der Waals surface area contributed by atoms with Gasteiger partial charge in [-0.1, -0.05) is 18.1 Å². The summed E-state index contributed by atoms with van der Waals surface area (Å²) >= 11 is 5.08. The molecule has 0 fully saturated rings. The van der Waals surface area contributed by atoms with E-state index in [4.69, 9.17) is 17.0 Å². The Kier molecular flexibility index (Phi) is 5.98. The largest absolute Gasteiger partial charge is 0.494 e. The molecule has 8 nitrogen and oxygen atoms in total. The summed E-state index contributed by atoms with van der Waals surface area (Å²) in [6.45, 7) is 5.09. The van der Waals surface area contributed by atoms with Gasteiger partial charge < -0.3 is 4.74 Å². The Hall–Kier alpha value is -2.55. The maximum absolute atomic E-state index is 12.2. The van der Waals surface area contributed by atoms with Crippen LogP contribution in [0, 0.1) is 0 Å². The van der Waals surface area contributed by atoms with E-state index in [1.54, 1.807) is 24.3 Å². The lowest BCUT2D eigenvalue weighted by molar-refractivity contribution is 0.0977. The minimum Gasteiger partial charge on any atom is -0.494 e. The molecule has 0 aliphatic rings. The second-order valence-electron chi connectivity index (χ2n) is 4.58. The monoisotopic (exact) mass is 334 g/mol. The Labute approximate surface area is 139 Å². The zero-order chi connectivity index (χ0) is 16.7. The molecule has 0 unspecified atom stereocenters. The molecule has 1 aromatic carbocycles. The van der Waals surface area contributed by atoms with Crippen LogP contribution in [0.5, 0.6) is 5.75 Å². The molecule has 0 saturated heterocycles. The molecule has 0 bridgehead atoms. The third kappa shape index (κ3) is 4.99. The quantitative estimate of drug-likeness (QED) is 0.775. The smallest absolute Gasteiger partial charge is 0.269 e. The second kappa shape index (κ2) is 8.18.